The van der Waals surface area contributed by atoms with E-state index in [0.29, 0.717) is 0 Å². The molecule has 0 saturated heterocycles. The number of hydrogen-bond donors (Lipinski definition) is 1. The number of hydrogen-bond acceptors (Lipinski definition) is 1. The van der Waals surface area contributed by atoms with Crippen molar-refractivity contribution in [1.29, 1.82) is 0 Å². The maximum atomic E-state index is 3.64. The van der Waals surface area contributed by atoms with Crippen LogP contribution < -0.4 is 5.32 Å². The zero-order chi connectivity index (χ0) is 9.80. The average Bonchev–Trinajstić information content (AvgIpc) is 3.02. The Morgan fingerprint density at radius 2 is 2.14 bits per heavy atom. The number of nitrogens with one attached hydrogen (secondary N) is 1. The van der Waals surface area contributed by atoms with Crippen molar-refractivity contribution in [3.63, 3.8) is 0 Å². The summed E-state index contributed by atoms with van der Waals surface area (Å²) in [4.78, 5) is 0. The smallest absolute Gasteiger partial charge is 0.00173 e. The second-order valence-electron chi connectivity index (χ2n) is 5.12. The van der Waals surface area contributed by atoms with Crippen molar-refractivity contribution in [2.75, 3.05) is 13.1 Å². The molecule has 1 N–H and O–H groups in total. The minimum absolute atomic E-state index is 0.909. The fourth-order valence-corrected chi connectivity index (χ4v) is 2.39. The van der Waals surface area contributed by atoms with Crippen molar-refractivity contribution in [2.24, 2.45) is 17.8 Å². The number of allylic oxidation sites excluding steroid dienone is 2. The molecular formula is C13H23N. The summed E-state index contributed by atoms with van der Waals surface area (Å²) in [6.07, 6.45) is 11.6. The molecule has 0 aliphatic heterocycles. The van der Waals surface area contributed by atoms with Crippen LogP contribution in [0, 0.1) is 17.8 Å². The van der Waals surface area contributed by atoms with Gasteiger partial charge >= 0.3 is 0 Å². The molecule has 0 spiro atoms. The van der Waals surface area contributed by atoms with Crippen LogP contribution in [0.25, 0.3) is 0 Å². The SMILES string of the molecule is CC(CNCC1CC=CCC1)C1CC1. The van der Waals surface area contributed by atoms with Gasteiger partial charge in [-0.1, -0.05) is 19.1 Å². The highest BCUT2D eigenvalue weighted by Gasteiger charge is 2.27. The van der Waals surface area contributed by atoms with E-state index in [1.165, 1.54) is 45.2 Å². The quantitative estimate of drug-likeness (QED) is 0.662. The summed E-state index contributed by atoms with van der Waals surface area (Å²) in [5.74, 6) is 2.87. The highest BCUT2D eigenvalue weighted by atomic mass is 14.9. The molecule has 0 aromatic carbocycles. The van der Waals surface area contributed by atoms with Gasteiger partial charge in [0, 0.05) is 0 Å². The van der Waals surface area contributed by atoms with Gasteiger partial charge in [0.1, 0.15) is 0 Å². The Hall–Kier alpha value is -0.300. The van der Waals surface area contributed by atoms with Crippen molar-refractivity contribution in [3.05, 3.63) is 12.2 Å². The van der Waals surface area contributed by atoms with Gasteiger partial charge in [-0.15, -0.1) is 0 Å². The van der Waals surface area contributed by atoms with Gasteiger partial charge in [-0.25, -0.2) is 0 Å². The number of rotatable bonds is 5. The Morgan fingerprint density at radius 3 is 2.79 bits per heavy atom. The molecule has 0 radical (unpaired) electrons. The third-order valence-electron chi connectivity index (χ3n) is 3.70. The van der Waals surface area contributed by atoms with E-state index >= 15 is 0 Å². The van der Waals surface area contributed by atoms with E-state index in [0.717, 1.165) is 17.8 Å². The lowest BCUT2D eigenvalue weighted by Crippen LogP contribution is -2.28. The molecule has 1 saturated carbocycles. The monoisotopic (exact) mass is 193 g/mol. The van der Waals surface area contributed by atoms with Gasteiger partial charge in [0.15, 0.2) is 0 Å². The lowest BCUT2D eigenvalue weighted by molar-refractivity contribution is 0.398. The highest BCUT2D eigenvalue weighted by molar-refractivity contribution is 4.90. The van der Waals surface area contributed by atoms with E-state index < -0.39 is 0 Å². The summed E-state index contributed by atoms with van der Waals surface area (Å²) in [5.41, 5.74) is 0. The zero-order valence-corrected chi connectivity index (χ0v) is 9.34. The van der Waals surface area contributed by atoms with Gasteiger partial charge < -0.3 is 5.32 Å². The first-order valence-corrected chi connectivity index (χ1v) is 6.22. The Kier molecular flexibility index (Phi) is 3.63. The van der Waals surface area contributed by atoms with Crippen molar-refractivity contribution in [3.8, 4) is 0 Å². The van der Waals surface area contributed by atoms with Crippen LogP contribution in [-0.4, -0.2) is 13.1 Å². The Labute approximate surface area is 88.0 Å². The largest absolute Gasteiger partial charge is 0.316 e. The predicted octanol–water partition coefficient (Wildman–Crippen LogP) is 2.98. The van der Waals surface area contributed by atoms with Gasteiger partial charge in [0.2, 0.25) is 0 Å². The first-order valence-electron chi connectivity index (χ1n) is 6.22. The molecule has 2 atom stereocenters. The highest BCUT2D eigenvalue weighted by Crippen LogP contribution is 2.36. The molecule has 80 valence electrons. The Morgan fingerprint density at radius 1 is 1.29 bits per heavy atom. The van der Waals surface area contributed by atoms with Crippen molar-refractivity contribution in [2.45, 2.75) is 39.0 Å². The summed E-state index contributed by atoms with van der Waals surface area (Å²) in [5, 5.41) is 3.64. The summed E-state index contributed by atoms with van der Waals surface area (Å²) >= 11 is 0. The van der Waals surface area contributed by atoms with E-state index in [2.05, 4.69) is 24.4 Å². The lowest BCUT2D eigenvalue weighted by atomic mass is 9.94. The summed E-state index contributed by atoms with van der Waals surface area (Å²) in [6.45, 7) is 4.87. The minimum Gasteiger partial charge on any atom is -0.316 e. The van der Waals surface area contributed by atoms with E-state index in [4.69, 9.17) is 0 Å². The molecule has 2 aliphatic carbocycles. The van der Waals surface area contributed by atoms with E-state index in [9.17, 15) is 0 Å². The van der Waals surface area contributed by atoms with Crippen LogP contribution in [0.1, 0.15) is 39.0 Å². The Bertz CT molecular complexity index is 193. The van der Waals surface area contributed by atoms with Crippen LogP contribution in [-0.2, 0) is 0 Å². The molecule has 0 aromatic heterocycles. The average molecular weight is 193 g/mol. The molecule has 1 fully saturated rings. The molecule has 1 nitrogen and oxygen atoms in total. The maximum Gasteiger partial charge on any atom is -0.00173 e. The molecule has 0 amide bonds. The molecular weight excluding hydrogens is 170 g/mol. The van der Waals surface area contributed by atoms with Gasteiger partial charge in [0.05, 0.1) is 0 Å². The maximum absolute atomic E-state index is 3.64. The lowest BCUT2D eigenvalue weighted by Gasteiger charge is -2.19. The zero-order valence-electron chi connectivity index (χ0n) is 9.34. The third-order valence-corrected chi connectivity index (χ3v) is 3.70. The molecule has 1 heteroatoms. The van der Waals surface area contributed by atoms with Crippen LogP contribution in [0.2, 0.25) is 0 Å². The van der Waals surface area contributed by atoms with Crippen LogP contribution in [0.3, 0.4) is 0 Å². The second-order valence-corrected chi connectivity index (χ2v) is 5.12. The first kappa shape index (κ1) is 10.2. The van der Waals surface area contributed by atoms with E-state index in [1.807, 2.05) is 0 Å². The fraction of sp³-hybridized carbons (Fsp3) is 0.846. The van der Waals surface area contributed by atoms with Gasteiger partial charge in [-0.3, -0.25) is 0 Å². The van der Waals surface area contributed by atoms with Crippen LogP contribution in [0.4, 0.5) is 0 Å². The topological polar surface area (TPSA) is 12.0 Å². The standard InChI is InChI=1S/C13H23N/c1-11(13-7-8-13)9-14-10-12-5-3-2-4-6-12/h2-3,11-14H,4-10H2,1H3. The Balaban J connectivity index is 1.55. The van der Waals surface area contributed by atoms with E-state index in [-0.39, 0.29) is 0 Å². The van der Waals surface area contributed by atoms with Gasteiger partial charge in [-0.2, -0.15) is 0 Å². The predicted molar refractivity (Wildman–Crippen MR) is 61.2 cm³/mol. The van der Waals surface area contributed by atoms with Crippen molar-refractivity contribution in [1.82, 2.24) is 5.32 Å². The normalized spacial score (nSPS) is 29.1. The molecule has 2 unspecified atom stereocenters. The van der Waals surface area contributed by atoms with Crippen molar-refractivity contribution < 1.29 is 0 Å². The fourth-order valence-electron chi connectivity index (χ4n) is 2.39. The third kappa shape index (κ3) is 3.13. The van der Waals surface area contributed by atoms with Crippen LogP contribution >= 0.6 is 0 Å². The van der Waals surface area contributed by atoms with Crippen molar-refractivity contribution >= 4 is 0 Å². The van der Waals surface area contributed by atoms with Crippen LogP contribution in [0.5, 0.6) is 0 Å². The van der Waals surface area contributed by atoms with E-state index in [1.54, 1.807) is 0 Å². The molecule has 0 heterocycles. The molecule has 0 bridgehead atoms. The first-order chi connectivity index (χ1) is 6.86. The summed E-state index contributed by atoms with van der Waals surface area (Å²) in [7, 11) is 0. The molecule has 2 aliphatic rings. The van der Waals surface area contributed by atoms with Crippen LogP contribution in [0.15, 0.2) is 12.2 Å². The van der Waals surface area contributed by atoms with Gasteiger partial charge in [0.25, 0.3) is 0 Å². The molecule has 14 heavy (non-hydrogen) atoms. The summed E-state index contributed by atoms with van der Waals surface area (Å²) < 4.78 is 0. The van der Waals surface area contributed by atoms with Gasteiger partial charge in [-0.05, 0) is 62.9 Å². The second kappa shape index (κ2) is 4.97. The molecule has 2 rings (SSSR count). The molecule has 0 aromatic rings. The summed E-state index contributed by atoms with van der Waals surface area (Å²) in [6, 6.07) is 0. The minimum atomic E-state index is 0.909.